The van der Waals surface area contributed by atoms with E-state index >= 15 is 0 Å². The lowest BCUT2D eigenvalue weighted by Crippen LogP contribution is -2.54. The average molecular weight is 391 g/mol. The SMILES string of the molecule is O=C(C1COc2ccccc2O1)N1CCN(c2ccc(-n3cccc3)nn2)CC1. The van der Waals surface area contributed by atoms with Crippen molar-refractivity contribution in [3.8, 4) is 17.3 Å². The van der Waals surface area contributed by atoms with E-state index in [4.69, 9.17) is 9.47 Å². The third kappa shape index (κ3) is 3.49. The third-order valence-electron chi connectivity index (χ3n) is 5.20. The van der Waals surface area contributed by atoms with Crippen molar-refractivity contribution in [1.82, 2.24) is 19.7 Å². The predicted molar refractivity (Wildman–Crippen MR) is 107 cm³/mol. The molecule has 29 heavy (non-hydrogen) atoms. The van der Waals surface area contributed by atoms with Gasteiger partial charge in [-0.2, -0.15) is 0 Å². The molecule has 1 unspecified atom stereocenters. The molecule has 8 nitrogen and oxygen atoms in total. The zero-order valence-electron chi connectivity index (χ0n) is 15.8. The van der Waals surface area contributed by atoms with Gasteiger partial charge >= 0.3 is 0 Å². The van der Waals surface area contributed by atoms with Crippen LogP contribution in [0.1, 0.15) is 0 Å². The molecule has 0 N–H and O–H groups in total. The summed E-state index contributed by atoms with van der Waals surface area (Å²) in [5.74, 6) is 2.87. The molecule has 0 spiro atoms. The molecule has 148 valence electrons. The average Bonchev–Trinajstić information content (AvgIpc) is 3.33. The van der Waals surface area contributed by atoms with Crippen molar-refractivity contribution in [3.63, 3.8) is 0 Å². The minimum absolute atomic E-state index is 0.0341. The van der Waals surface area contributed by atoms with Crippen LogP contribution in [0.15, 0.2) is 60.9 Å². The predicted octanol–water partition coefficient (Wildman–Crippen LogP) is 1.76. The molecule has 1 fully saturated rings. The van der Waals surface area contributed by atoms with Crippen molar-refractivity contribution >= 4 is 11.7 Å². The van der Waals surface area contributed by atoms with Crippen molar-refractivity contribution in [1.29, 1.82) is 0 Å². The number of rotatable bonds is 3. The van der Waals surface area contributed by atoms with E-state index in [2.05, 4.69) is 15.1 Å². The second-order valence-corrected chi connectivity index (χ2v) is 7.02. The lowest BCUT2D eigenvalue weighted by atomic mass is 10.2. The Hall–Kier alpha value is -3.55. The minimum atomic E-state index is -0.600. The molecule has 0 radical (unpaired) electrons. The summed E-state index contributed by atoms with van der Waals surface area (Å²) in [5, 5.41) is 8.65. The van der Waals surface area contributed by atoms with Crippen LogP contribution in [-0.2, 0) is 4.79 Å². The largest absolute Gasteiger partial charge is 0.485 e. The quantitative estimate of drug-likeness (QED) is 0.677. The fourth-order valence-corrected chi connectivity index (χ4v) is 3.61. The molecule has 1 aromatic carbocycles. The summed E-state index contributed by atoms with van der Waals surface area (Å²) < 4.78 is 13.4. The fourth-order valence-electron chi connectivity index (χ4n) is 3.61. The molecule has 2 aromatic heterocycles. The zero-order valence-corrected chi connectivity index (χ0v) is 15.8. The van der Waals surface area contributed by atoms with Gasteiger partial charge in [-0.05, 0) is 36.4 Å². The highest BCUT2D eigenvalue weighted by atomic mass is 16.6. The van der Waals surface area contributed by atoms with Crippen LogP contribution >= 0.6 is 0 Å². The first-order chi connectivity index (χ1) is 14.3. The number of hydrogen-bond acceptors (Lipinski definition) is 6. The first-order valence-electron chi connectivity index (χ1n) is 9.67. The number of piperazine rings is 1. The number of fused-ring (bicyclic) bond motifs is 1. The number of benzene rings is 1. The number of ether oxygens (including phenoxy) is 2. The molecule has 1 amide bonds. The van der Waals surface area contributed by atoms with Gasteiger partial charge in [0.15, 0.2) is 23.1 Å². The van der Waals surface area contributed by atoms with Crippen LogP contribution in [0, 0.1) is 0 Å². The summed E-state index contributed by atoms with van der Waals surface area (Å²) in [5.41, 5.74) is 0. The Kier molecular flexibility index (Phi) is 4.51. The maximum atomic E-state index is 12.9. The number of aromatic nitrogens is 3. The van der Waals surface area contributed by atoms with Crippen LogP contribution in [0.25, 0.3) is 5.82 Å². The van der Waals surface area contributed by atoms with Crippen molar-refractivity contribution in [3.05, 3.63) is 60.9 Å². The second kappa shape index (κ2) is 7.46. The molecule has 1 atom stereocenters. The number of hydrogen-bond donors (Lipinski definition) is 0. The standard InChI is InChI=1S/C21H21N5O3/c27-21(18-15-28-16-5-1-2-6-17(16)29-18)26-13-11-25(12-14-26)20-8-7-19(22-23-20)24-9-3-4-10-24/h1-10,18H,11-15H2. The van der Waals surface area contributed by atoms with Gasteiger partial charge in [0.1, 0.15) is 6.61 Å². The van der Waals surface area contributed by atoms with Crippen molar-refractivity contribution in [2.75, 3.05) is 37.7 Å². The van der Waals surface area contributed by atoms with Crippen LogP contribution in [-0.4, -0.2) is 64.5 Å². The lowest BCUT2D eigenvalue weighted by molar-refractivity contribution is -0.141. The molecule has 8 heteroatoms. The smallest absolute Gasteiger partial charge is 0.267 e. The van der Waals surface area contributed by atoms with Crippen molar-refractivity contribution in [2.24, 2.45) is 0 Å². The monoisotopic (exact) mass is 391 g/mol. The molecule has 0 bridgehead atoms. The van der Waals surface area contributed by atoms with Crippen LogP contribution in [0.5, 0.6) is 11.5 Å². The highest BCUT2D eigenvalue weighted by Crippen LogP contribution is 2.31. The fraction of sp³-hybridized carbons (Fsp3) is 0.286. The number of para-hydroxylation sites is 2. The first-order valence-corrected chi connectivity index (χ1v) is 9.67. The Bertz CT molecular complexity index is 982. The molecular weight excluding hydrogens is 370 g/mol. The minimum Gasteiger partial charge on any atom is -0.485 e. The van der Waals surface area contributed by atoms with E-state index in [1.165, 1.54) is 0 Å². The van der Waals surface area contributed by atoms with E-state index in [0.29, 0.717) is 37.7 Å². The van der Waals surface area contributed by atoms with E-state index in [-0.39, 0.29) is 12.5 Å². The Morgan fingerprint density at radius 3 is 2.28 bits per heavy atom. The molecule has 0 aliphatic carbocycles. The topological polar surface area (TPSA) is 72.7 Å². The van der Waals surface area contributed by atoms with E-state index in [1.807, 2.05) is 70.4 Å². The molecule has 1 saturated heterocycles. The summed E-state index contributed by atoms with van der Waals surface area (Å²) in [7, 11) is 0. The molecule has 0 saturated carbocycles. The van der Waals surface area contributed by atoms with Gasteiger partial charge in [-0.25, -0.2) is 0 Å². The highest BCUT2D eigenvalue weighted by Gasteiger charge is 2.32. The molecule has 3 aromatic rings. The van der Waals surface area contributed by atoms with Crippen LogP contribution in [0.4, 0.5) is 5.82 Å². The van der Waals surface area contributed by atoms with E-state index in [1.54, 1.807) is 0 Å². The highest BCUT2D eigenvalue weighted by molar-refractivity contribution is 5.82. The number of carbonyl (C=O) groups is 1. The van der Waals surface area contributed by atoms with Crippen LogP contribution in [0.3, 0.4) is 0 Å². The van der Waals surface area contributed by atoms with Gasteiger partial charge in [0.05, 0.1) is 0 Å². The summed E-state index contributed by atoms with van der Waals surface area (Å²) in [6, 6.07) is 15.2. The molecule has 2 aliphatic rings. The molecule has 4 heterocycles. The molecule has 2 aliphatic heterocycles. The van der Waals surface area contributed by atoms with Gasteiger partial charge in [-0.15, -0.1) is 10.2 Å². The van der Waals surface area contributed by atoms with Gasteiger partial charge < -0.3 is 23.8 Å². The summed E-state index contributed by atoms with van der Waals surface area (Å²) in [4.78, 5) is 16.8. The van der Waals surface area contributed by atoms with Crippen molar-refractivity contribution in [2.45, 2.75) is 6.10 Å². The van der Waals surface area contributed by atoms with Crippen LogP contribution in [0.2, 0.25) is 0 Å². The number of nitrogens with zero attached hydrogens (tertiary/aromatic N) is 5. The summed E-state index contributed by atoms with van der Waals surface area (Å²) >= 11 is 0. The molecular formula is C21H21N5O3. The van der Waals surface area contributed by atoms with Crippen molar-refractivity contribution < 1.29 is 14.3 Å². The Morgan fingerprint density at radius 1 is 0.862 bits per heavy atom. The van der Waals surface area contributed by atoms with E-state index < -0.39 is 6.10 Å². The molecule has 5 rings (SSSR count). The van der Waals surface area contributed by atoms with Gasteiger partial charge in [0, 0.05) is 38.6 Å². The van der Waals surface area contributed by atoms with E-state index in [9.17, 15) is 4.79 Å². The first kappa shape index (κ1) is 17.5. The Morgan fingerprint density at radius 2 is 1.55 bits per heavy atom. The van der Waals surface area contributed by atoms with Gasteiger partial charge in [0.25, 0.3) is 5.91 Å². The summed E-state index contributed by atoms with van der Waals surface area (Å²) in [6.45, 7) is 2.87. The maximum absolute atomic E-state index is 12.9. The van der Waals surface area contributed by atoms with Gasteiger partial charge in [-0.1, -0.05) is 12.1 Å². The third-order valence-corrected chi connectivity index (χ3v) is 5.20. The maximum Gasteiger partial charge on any atom is 0.267 e. The van der Waals surface area contributed by atoms with Gasteiger partial charge in [-0.3, -0.25) is 4.79 Å². The number of carbonyl (C=O) groups excluding carboxylic acids is 1. The lowest BCUT2D eigenvalue weighted by Gasteiger charge is -2.37. The van der Waals surface area contributed by atoms with Crippen LogP contribution < -0.4 is 14.4 Å². The van der Waals surface area contributed by atoms with Gasteiger partial charge in [0.2, 0.25) is 6.10 Å². The zero-order chi connectivity index (χ0) is 19.6. The number of anilines is 1. The second-order valence-electron chi connectivity index (χ2n) is 7.02. The Balaban J connectivity index is 1.19. The normalized spacial score (nSPS) is 18.6. The van der Waals surface area contributed by atoms with E-state index in [0.717, 1.165) is 11.6 Å². The summed E-state index contributed by atoms with van der Waals surface area (Å²) in [6.07, 6.45) is 3.27. The Labute approximate surface area is 168 Å². The number of amides is 1.